The molecule has 28 heavy (non-hydrogen) atoms. The van der Waals surface area contributed by atoms with E-state index in [-0.39, 0.29) is 17.9 Å². The first-order valence-corrected chi connectivity index (χ1v) is 8.75. The van der Waals surface area contributed by atoms with E-state index in [0.717, 1.165) is 16.5 Å². The van der Waals surface area contributed by atoms with Crippen LogP contribution in [0.4, 0.5) is 0 Å². The standard InChI is InChI=1S/C20H21N3O5/c1-27-8-9-28-18-11-13(6-7-21-18)19(24)23-17(20(25)26)10-14-12-22-16-5-3-2-4-15(14)16/h2-7,11-12,17,22H,8-10H2,1H3,(H,23,24)(H,25,26). The maximum atomic E-state index is 12.5. The number of rotatable bonds is 9. The Kier molecular flexibility index (Phi) is 6.23. The molecule has 0 aliphatic carbocycles. The molecule has 146 valence electrons. The molecule has 1 atom stereocenters. The summed E-state index contributed by atoms with van der Waals surface area (Å²) in [7, 11) is 1.56. The minimum atomic E-state index is -1.11. The molecule has 0 saturated carbocycles. The third-order valence-corrected chi connectivity index (χ3v) is 4.24. The van der Waals surface area contributed by atoms with Crippen molar-refractivity contribution in [2.24, 2.45) is 0 Å². The molecule has 1 aromatic carbocycles. The van der Waals surface area contributed by atoms with Gasteiger partial charge in [-0.15, -0.1) is 0 Å². The summed E-state index contributed by atoms with van der Waals surface area (Å²) in [6.45, 7) is 0.691. The number of H-pyrrole nitrogens is 1. The van der Waals surface area contributed by atoms with Crippen molar-refractivity contribution in [1.82, 2.24) is 15.3 Å². The van der Waals surface area contributed by atoms with Gasteiger partial charge in [0, 0.05) is 48.5 Å². The first kappa shape index (κ1) is 19.4. The van der Waals surface area contributed by atoms with Gasteiger partial charge in [0.25, 0.3) is 5.91 Å². The van der Waals surface area contributed by atoms with Crippen LogP contribution >= 0.6 is 0 Å². The number of benzene rings is 1. The van der Waals surface area contributed by atoms with Crippen molar-refractivity contribution >= 4 is 22.8 Å². The maximum absolute atomic E-state index is 12.5. The van der Waals surface area contributed by atoms with Crippen LogP contribution in [-0.2, 0) is 16.0 Å². The lowest BCUT2D eigenvalue weighted by molar-refractivity contribution is -0.139. The van der Waals surface area contributed by atoms with Gasteiger partial charge in [0.1, 0.15) is 12.6 Å². The highest BCUT2D eigenvalue weighted by molar-refractivity contribution is 5.97. The fraction of sp³-hybridized carbons (Fsp3) is 0.250. The quantitative estimate of drug-likeness (QED) is 0.487. The summed E-state index contributed by atoms with van der Waals surface area (Å²) in [5.74, 6) is -1.34. The van der Waals surface area contributed by atoms with E-state index in [2.05, 4.69) is 15.3 Å². The Morgan fingerprint density at radius 2 is 2.07 bits per heavy atom. The molecule has 0 bridgehead atoms. The Morgan fingerprint density at radius 1 is 1.25 bits per heavy atom. The number of amides is 1. The van der Waals surface area contributed by atoms with Crippen molar-refractivity contribution in [3.63, 3.8) is 0 Å². The summed E-state index contributed by atoms with van der Waals surface area (Å²) in [5.41, 5.74) is 2.01. The monoisotopic (exact) mass is 383 g/mol. The number of carbonyl (C=O) groups excluding carboxylic acids is 1. The first-order chi connectivity index (χ1) is 13.6. The second-order valence-corrected chi connectivity index (χ2v) is 6.15. The lowest BCUT2D eigenvalue weighted by Crippen LogP contribution is -2.42. The summed E-state index contributed by atoms with van der Waals surface area (Å²) in [6, 6.07) is 9.51. The fourth-order valence-corrected chi connectivity index (χ4v) is 2.82. The lowest BCUT2D eigenvalue weighted by Gasteiger charge is -2.14. The molecule has 3 aromatic rings. The van der Waals surface area contributed by atoms with E-state index < -0.39 is 17.9 Å². The second-order valence-electron chi connectivity index (χ2n) is 6.15. The molecule has 0 saturated heterocycles. The molecule has 8 nitrogen and oxygen atoms in total. The van der Waals surface area contributed by atoms with E-state index in [9.17, 15) is 14.7 Å². The molecule has 8 heteroatoms. The minimum absolute atomic E-state index is 0.160. The molecule has 2 aromatic heterocycles. The number of nitrogens with zero attached hydrogens (tertiary/aromatic N) is 1. The number of aromatic nitrogens is 2. The Morgan fingerprint density at radius 3 is 2.86 bits per heavy atom. The molecule has 0 radical (unpaired) electrons. The summed E-state index contributed by atoms with van der Waals surface area (Å²) < 4.78 is 10.3. The fourth-order valence-electron chi connectivity index (χ4n) is 2.82. The highest BCUT2D eigenvalue weighted by atomic mass is 16.5. The number of aromatic amines is 1. The van der Waals surface area contributed by atoms with Crippen molar-refractivity contribution in [3.05, 3.63) is 59.9 Å². The number of para-hydroxylation sites is 1. The number of nitrogens with one attached hydrogen (secondary N) is 2. The van der Waals surface area contributed by atoms with Crippen LogP contribution in [0.1, 0.15) is 15.9 Å². The van der Waals surface area contributed by atoms with E-state index in [0.29, 0.717) is 13.2 Å². The summed E-state index contributed by atoms with van der Waals surface area (Å²) in [6.07, 6.45) is 3.36. The Bertz CT molecular complexity index is 969. The van der Waals surface area contributed by atoms with Gasteiger partial charge in [-0.2, -0.15) is 0 Å². The highest BCUT2D eigenvalue weighted by Gasteiger charge is 2.22. The van der Waals surface area contributed by atoms with E-state index in [1.165, 1.54) is 18.3 Å². The normalized spacial score (nSPS) is 11.9. The Hall–Kier alpha value is -3.39. The van der Waals surface area contributed by atoms with E-state index in [4.69, 9.17) is 9.47 Å². The van der Waals surface area contributed by atoms with Crippen molar-refractivity contribution in [2.75, 3.05) is 20.3 Å². The summed E-state index contributed by atoms with van der Waals surface area (Å²) in [4.78, 5) is 31.4. The predicted octanol–water partition coefficient (Wildman–Crippen LogP) is 2.01. The largest absolute Gasteiger partial charge is 0.480 e. The number of carboxylic acid groups (broad SMARTS) is 1. The van der Waals surface area contributed by atoms with Crippen LogP contribution in [-0.4, -0.2) is 53.3 Å². The van der Waals surface area contributed by atoms with Gasteiger partial charge in [-0.3, -0.25) is 4.79 Å². The van der Waals surface area contributed by atoms with Crippen molar-refractivity contribution in [2.45, 2.75) is 12.5 Å². The number of carbonyl (C=O) groups is 2. The number of hydrogen-bond acceptors (Lipinski definition) is 5. The van der Waals surface area contributed by atoms with Crippen LogP contribution in [0.3, 0.4) is 0 Å². The molecular formula is C20H21N3O5. The minimum Gasteiger partial charge on any atom is -0.480 e. The third-order valence-electron chi connectivity index (χ3n) is 4.24. The van der Waals surface area contributed by atoms with E-state index in [1.807, 2.05) is 24.3 Å². The third kappa shape index (κ3) is 4.66. The van der Waals surface area contributed by atoms with Gasteiger partial charge in [0.2, 0.25) is 5.88 Å². The number of carboxylic acids is 1. The summed E-state index contributed by atoms with van der Waals surface area (Å²) >= 11 is 0. The smallest absolute Gasteiger partial charge is 0.326 e. The molecular weight excluding hydrogens is 362 g/mol. The number of aliphatic carboxylic acids is 1. The average molecular weight is 383 g/mol. The van der Waals surface area contributed by atoms with Gasteiger partial charge in [0.15, 0.2) is 0 Å². The van der Waals surface area contributed by atoms with Gasteiger partial charge in [-0.05, 0) is 17.7 Å². The zero-order valence-electron chi connectivity index (χ0n) is 15.3. The molecule has 0 aliphatic rings. The van der Waals surface area contributed by atoms with Gasteiger partial charge >= 0.3 is 5.97 Å². The molecule has 1 unspecified atom stereocenters. The molecule has 0 spiro atoms. The number of ether oxygens (including phenoxy) is 2. The number of pyridine rings is 1. The van der Waals surface area contributed by atoms with Crippen LogP contribution in [0.15, 0.2) is 48.8 Å². The number of hydrogen-bond donors (Lipinski definition) is 3. The summed E-state index contributed by atoms with van der Waals surface area (Å²) in [5, 5.41) is 13.1. The Labute approximate surface area is 161 Å². The van der Waals surface area contributed by atoms with Crippen LogP contribution in [0, 0.1) is 0 Å². The predicted molar refractivity (Wildman–Crippen MR) is 103 cm³/mol. The van der Waals surface area contributed by atoms with Crippen LogP contribution < -0.4 is 10.1 Å². The number of fused-ring (bicyclic) bond motifs is 1. The topological polar surface area (TPSA) is 114 Å². The van der Waals surface area contributed by atoms with Gasteiger partial charge in [-0.1, -0.05) is 18.2 Å². The van der Waals surface area contributed by atoms with Crippen molar-refractivity contribution in [3.8, 4) is 5.88 Å². The molecule has 0 fully saturated rings. The molecule has 3 rings (SSSR count). The average Bonchev–Trinajstić information content (AvgIpc) is 3.11. The molecule has 0 aliphatic heterocycles. The molecule has 1 amide bonds. The van der Waals surface area contributed by atoms with E-state index in [1.54, 1.807) is 13.3 Å². The maximum Gasteiger partial charge on any atom is 0.326 e. The SMILES string of the molecule is COCCOc1cc(C(=O)NC(Cc2c[nH]c3ccccc23)C(=O)O)ccn1. The first-order valence-electron chi connectivity index (χ1n) is 8.75. The molecule has 2 heterocycles. The Balaban J connectivity index is 1.71. The highest BCUT2D eigenvalue weighted by Crippen LogP contribution is 2.19. The zero-order chi connectivity index (χ0) is 19.9. The van der Waals surface area contributed by atoms with Crippen molar-refractivity contribution in [1.29, 1.82) is 0 Å². The van der Waals surface area contributed by atoms with Gasteiger partial charge in [0.05, 0.1) is 6.61 Å². The van der Waals surface area contributed by atoms with Crippen LogP contribution in [0.2, 0.25) is 0 Å². The van der Waals surface area contributed by atoms with Crippen LogP contribution in [0.5, 0.6) is 5.88 Å². The van der Waals surface area contributed by atoms with Gasteiger partial charge < -0.3 is 24.9 Å². The van der Waals surface area contributed by atoms with Crippen LogP contribution in [0.25, 0.3) is 10.9 Å². The van der Waals surface area contributed by atoms with Crippen molar-refractivity contribution < 1.29 is 24.2 Å². The molecule has 3 N–H and O–H groups in total. The second kappa shape index (κ2) is 9.01. The lowest BCUT2D eigenvalue weighted by atomic mass is 10.0. The number of methoxy groups -OCH3 is 1. The van der Waals surface area contributed by atoms with E-state index >= 15 is 0 Å². The zero-order valence-corrected chi connectivity index (χ0v) is 15.3. The van der Waals surface area contributed by atoms with Gasteiger partial charge in [-0.25, -0.2) is 9.78 Å².